The SMILES string of the molecule is Cc1cc(CN2CCO[C@H]3[C@H](Oc4ccccn4)CC[C@@H]32)no1.O=C(O)C(F)(F)F.O=C(O)C(F)(F)F. The fraction of sp³-hybridized carbons (Fsp3) is 0.524. The number of nitrogens with zero attached hydrogens (tertiary/aromatic N) is 3. The molecule has 1 aliphatic carbocycles. The van der Waals surface area contributed by atoms with Crippen LogP contribution in [0.2, 0.25) is 0 Å². The number of aryl methyl sites for hydroxylation is 1. The van der Waals surface area contributed by atoms with Crippen molar-refractivity contribution in [3.05, 3.63) is 41.9 Å². The first-order valence-corrected chi connectivity index (χ1v) is 10.6. The van der Waals surface area contributed by atoms with Gasteiger partial charge in [-0.25, -0.2) is 14.6 Å². The number of fused-ring (bicyclic) bond motifs is 1. The van der Waals surface area contributed by atoms with Crippen LogP contribution in [0.4, 0.5) is 26.3 Å². The van der Waals surface area contributed by atoms with E-state index in [1.165, 1.54) is 0 Å². The average Bonchev–Trinajstić information content (AvgIpc) is 3.40. The lowest BCUT2D eigenvalue weighted by Crippen LogP contribution is -2.51. The summed E-state index contributed by atoms with van der Waals surface area (Å²) in [4.78, 5) is 24.5. The largest absolute Gasteiger partial charge is 0.490 e. The molecular formula is C21H23F6N3O7. The summed E-state index contributed by atoms with van der Waals surface area (Å²) in [7, 11) is 0. The van der Waals surface area contributed by atoms with Crippen LogP contribution >= 0.6 is 0 Å². The van der Waals surface area contributed by atoms with E-state index in [-0.39, 0.29) is 12.2 Å². The van der Waals surface area contributed by atoms with E-state index < -0.39 is 24.3 Å². The number of halogens is 6. The highest BCUT2D eigenvalue weighted by Crippen LogP contribution is 2.33. The lowest BCUT2D eigenvalue weighted by Gasteiger charge is -2.38. The number of alkyl halides is 6. The van der Waals surface area contributed by atoms with Crippen molar-refractivity contribution >= 4 is 11.9 Å². The highest BCUT2D eigenvalue weighted by Gasteiger charge is 2.44. The van der Waals surface area contributed by atoms with Crippen molar-refractivity contribution in [2.45, 2.75) is 56.9 Å². The van der Waals surface area contributed by atoms with Gasteiger partial charge >= 0.3 is 24.3 Å². The predicted octanol–water partition coefficient (Wildman–Crippen LogP) is 3.46. The fourth-order valence-electron chi connectivity index (χ4n) is 3.59. The third kappa shape index (κ3) is 9.53. The second-order valence-electron chi connectivity index (χ2n) is 7.81. The van der Waals surface area contributed by atoms with Crippen LogP contribution in [0.25, 0.3) is 0 Å². The zero-order chi connectivity index (χ0) is 27.8. The minimum absolute atomic E-state index is 0.0664. The van der Waals surface area contributed by atoms with E-state index >= 15 is 0 Å². The van der Waals surface area contributed by atoms with Crippen LogP contribution in [0.15, 0.2) is 35.0 Å². The maximum Gasteiger partial charge on any atom is 0.490 e. The Kier molecular flexibility index (Phi) is 10.2. The predicted molar refractivity (Wildman–Crippen MR) is 110 cm³/mol. The summed E-state index contributed by atoms with van der Waals surface area (Å²) < 4.78 is 80.7. The van der Waals surface area contributed by atoms with E-state index in [4.69, 9.17) is 33.8 Å². The number of carboxylic acids is 2. The Morgan fingerprint density at radius 2 is 1.73 bits per heavy atom. The molecule has 10 nitrogen and oxygen atoms in total. The Hall–Kier alpha value is -3.40. The molecule has 0 spiro atoms. The first kappa shape index (κ1) is 29.8. The molecular weight excluding hydrogens is 520 g/mol. The van der Waals surface area contributed by atoms with Gasteiger partial charge in [0, 0.05) is 37.5 Å². The Bertz CT molecular complexity index is 992. The van der Waals surface area contributed by atoms with Crippen molar-refractivity contribution in [2.75, 3.05) is 13.2 Å². The Balaban J connectivity index is 0.000000286. The third-order valence-corrected chi connectivity index (χ3v) is 5.09. The van der Waals surface area contributed by atoms with E-state index in [2.05, 4.69) is 15.0 Å². The molecule has 3 atom stereocenters. The normalized spacial score (nSPS) is 21.5. The fourth-order valence-corrected chi connectivity index (χ4v) is 3.59. The van der Waals surface area contributed by atoms with Crippen LogP contribution in [-0.4, -0.2) is 80.9 Å². The summed E-state index contributed by atoms with van der Waals surface area (Å²) in [6, 6.07) is 8.10. The number of carbonyl (C=O) groups is 2. The van der Waals surface area contributed by atoms with Crippen LogP contribution in [-0.2, 0) is 20.9 Å². The van der Waals surface area contributed by atoms with Crippen LogP contribution in [0, 0.1) is 6.92 Å². The number of pyridine rings is 1. The first-order valence-electron chi connectivity index (χ1n) is 10.6. The van der Waals surface area contributed by atoms with Crippen LogP contribution in [0.3, 0.4) is 0 Å². The van der Waals surface area contributed by atoms with Crippen molar-refractivity contribution in [3.8, 4) is 5.88 Å². The van der Waals surface area contributed by atoms with E-state index in [1.54, 1.807) is 6.20 Å². The zero-order valence-corrected chi connectivity index (χ0v) is 19.2. The number of carboxylic acid groups (broad SMARTS) is 2. The van der Waals surface area contributed by atoms with Gasteiger partial charge in [0.15, 0.2) is 0 Å². The number of hydrogen-bond donors (Lipinski definition) is 2. The van der Waals surface area contributed by atoms with Gasteiger partial charge in [0.2, 0.25) is 5.88 Å². The van der Waals surface area contributed by atoms with E-state index in [1.807, 2.05) is 31.2 Å². The first-order chi connectivity index (χ1) is 17.2. The zero-order valence-electron chi connectivity index (χ0n) is 19.2. The number of aliphatic carboxylic acids is 2. The number of ether oxygens (including phenoxy) is 2. The second-order valence-corrected chi connectivity index (χ2v) is 7.81. The van der Waals surface area contributed by atoms with E-state index in [9.17, 15) is 26.3 Å². The molecule has 206 valence electrons. The molecule has 2 aromatic heterocycles. The summed E-state index contributed by atoms with van der Waals surface area (Å²) in [5, 5.41) is 18.4. The Morgan fingerprint density at radius 3 is 2.22 bits per heavy atom. The summed E-state index contributed by atoms with van der Waals surface area (Å²) in [6.45, 7) is 4.37. The van der Waals surface area contributed by atoms with Gasteiger partial charge in [0.1, 0.15) is 18.0 Å². The summed E-state index contributed by atoms with van der Waals surface area (Å²) >= 11 is 0. The summed E-state index contributed by atoms with van der Waals surface area (Å²) in [6.07, 6.45) is -6.20. The van der Waals surface area contributed by atoms with Crippen LogP contribution in [0.1, 0.15) is 24.3 Å². The number of rotatable bonds is 4. The smallest absolute Gasteiger partial charge is 0.475 e. The summed E-state index contributed by atoms with van der Waals surface area (Å²) in [5.41, 5.74) is 0.984. The number of hydrogen-bond acceptors (Lipinski definition) is 8. The quantitative estimate of drug-likeness (QED) is 0.552. The lowest BCUT2D eigenvalue weighted by molar-refractivity contribution is -0.193. The molecule has 2 N–H and O–H groups in total. The Morgan fingerprint density at radius 1 is 1.11 bits per heavy atom. The molecule has 0 aromatic carbocycles. The van der Waals surface area contributed by atoms with Crippen molar-refractivity contribution in [2.24, 2.45) is 0 Å². The molecule has 1 saturated carbocycles. The Labute approximate surface area is 205 Å². The van der Waals surface area contributed by atoms with Crippen molar-refractivity contribution in [3.63, 3.8) is 0 Å². The standard InChI is InChI=1S/C17H21N3O3.2C2HF3O2/c1-12-10-13(19-23-12)11-20-8-9-21-17-14(20)5-6-15(17)22-16-4-2-3-7-18-16;2*3-2(4,5)1(6)7/h2-4,7,10,14-15,17H,5-6,8-9,11H2,1H3;2*(H,6,7)/t14-,15+,17+;;/m0../s1. The lowest BCUT2D eigenvalue weighted by atomic mass is 10.1. The molecule has 37 heavy (non-hydrogen) atoms. The topological polar surface area (TPSA) is 135 Å². The van der Waals surface area contributed by atoms with Crippen molar-refractivity contribution < 1.29 is 60.1 Å². The van der Waals surface area contributed by atoms with E-state index in [0.29, 0.717) is 11.9 Å². The highest BCUT2D eigenvalue weighted by molar-refractivity contribution is 5.73. The molecule has 0 amide bonds. The average molecular weight is 543 g/mol. The minimum atomic E-state index is -5.08. The van der Waals surface area contributed by atoms with Gasteiger partial charge in [-0.1, -0.05) is 11.2 Å². The molecule has 0 unspecified atom stereocenters. The highest BCUT2D eigenvalue weighted by atomic mass is 19.4. The minimum Gasteiger partial charge on any atom is -0.475 e. The van der Waals surface area contributed by atoms with Gasteiger partial charge < -0.3 is 24.2 Å². The van der Waals surface area contributed by atoms with Crippen LogP contribution < -0.4 is 4.74 Å². The molecule has 2 aromatic rings. The van der Waals surface area contributed by atoms with Gasteiger partial charge in [-0.2, -0.15) is 26.3 Å². The molecule has 16 heteroatoms. The molecule has 0 radical (unpaired) electrons. The van der Waals surface area contributed by atoms with Gasteiger partial charge in [-0.15, -0.1) is 0 Å². The maximum absolute atomic E-state index is 10.6. The molecule has 1 aliphatic heterocycles. The molecule has 1 saturated heterocycles. The van der Waals surface area contributed by atoms with Crippen molar-refractivity contribution in [1.82, 2.24) is 15.0 Å². The number of morpholine rings is 1. The van der Waals surface area contributed by atoms with Crippen LogP contribution in [0.5, 0.6) is 5.88 Å². The molecule has 2 fully saturated rings. The summed E-state index contributed by atoms with van der Waals surface area (Å²) in [5.74, 6) is -3.99. The van der Waals surface area contributed by atoms with E-state index in [0.717, 1.165) is 44.0 Å². The second kappa shape index (κ2) is 12.7. The van der Waals surface area contributed by atoms with Gasteiger partial charge in [-0.05, 0) is 25.8 Å². The van der Waals surface area contributed by atoms with Gasteiger partial charge in [0.25, 0.3) is 0 Å². The monoisotopic (exact) mass is 543 g/mol. The van der Waals surface area contributed by atoms with Crippen molar-refractivity contribution in [1.29, 1.82) is 0 Å². The number of aromatic nitrogens is 2. The molecule has 2 aliphatic rings. The maximum atomic E-state index is 10.6. The molecule has 4 rings (SSSR count). The molecule has 0 bridgehead atoms. The van der Waals surface area contributed by atoms with Gasteiger partial charge in [0.05, 0.1) is 12.3 Å². The third-order valence-electron chi connectivity index (χ3n) is 5.09. The van der Waals surface area contributed by atoms with Gasteiger partial charge in [-0.3, -0.25) is 4.90 Å². The molecule has 3 heterocycles.